The minimum absolute atomic E-state index is 0.0818. The van der Waals surface area contributed by atoms with Crippen molar-refractivity contribution in [3.63, 3.8) is 0 Å². The fourth-order valence-corrected chi connectivity index (χ4v) is 2.88. The van der Waals surface area contributed by atoms with E-state index < -0.39 is 11.9 Å². The molecule has 1 atom stereocenters. The van der Waals surface area contributed by atoms with E-state index in [0.717, 1.165) is 23.1 Å². The van der Waals surface area contributed by atoms with Crippen LogP contribution in [0.15, 0.2) is 24.5 Å². The molecule has 0 radical (unpaired) electrons. The van der Waals surface area contributed by atoms with Crippen molar-refractivity contribution in [2.45, 2.75) is 12.5 Å². The number of nitrogens with two attached hydrogens (primary N) is 1. The number of likely N-dealkylation sites (N-methyl/N-ethyl adjacent to an activating group) is 1. The van der Waals surface area contributed by atoms with Crippen LogP contribution in [0.25, 0.3) is 11.0 Å². The SMILES string of the molecule is CN1CCN(C(=O)Cc2c[nH]c3ncccc23)C(C(N)=O)C1. The predicted molar refractivity (Wildman–Crippen MR) is 82.0 cm³/mol. The molecule has 2 amide bonds. The van der Waals surface area contributed by atoms with E-state index in [4.69, 9.17) is 5.73 Å². The number of amides is 2. The summed E-state index contributed by atoms with van der Waals surface area (Å²) in [6.07, 6.45) is 3.73. The summed E-state index contributed by atoms with van der Waals surface area (Å²) in [6.45, 7) is 1.74. The van der Waals surface area contributed by atoms with Crippen LogP contribution >= 0.6 is 0 Å². The molecule has 1 aliphatic rings. The van der Waals surface area contributed by atoms with E-state index in [1.807, 2.05) is 24.1 Å². The Morgan fingerprint density at radius 1 is 1.45 bits per heavy atom. The van der Waals surface area contributed by atoms with Gasteiger partial charge in [0, 0.05) is 37.4 Å². The molecule has 2 aromatic rings. The molecule has 7 heteroatoms. The zero-order valence-electron chi connectivity index (χ0n) is 12.5. The number of hydrogen-bond donors (Lipinski definition) is 2. The van der Waals surface area contributed by atoms with E-state index in [-0.39, 0.29) is 12.3 Å². The number of pyridine rings is 1. The van der Waals surface area contributed by atoms with Crippen LogP contribution in [-0.2, 0) is 16.0 Å². The average molecular weight is 301 g/mol. The predicted octanol–water partition coefficient (Wildman–Crippen LogP) is -0.267. The number of carbonyl (C=O) groups is 2. The number of nitrogens with zero attached hydrogens (tertiary/aromatic N) is 3. The molecule has 3 rings (SSSR count). The first kappa shape index (κ1) is 14.5. The number of piperazine rings is 1. The number of primary amides is 1. The first-order valence-corrected chi connectivity index (χ1v) is 7.24. The number of carbonyl (C=O) groups excluding carboxylic acids is 2. The maximum atomic E-state index is 12.6. The van der Waals surface area contributed by atoms with Crippen molar-refractivity contribution >= 4 is 22.8 Å². The van der Waals surface area contributed by atoms with Crippen LogP contribution in [0.3, 0.4) is 0 Å². The Labute approximate surface area is 128 Å². The maximum absolute atomic E-state index is 12.6. The van der Waals surface area contributed by atoms with Gasteiger partial charge >= 0.3 is 0 Å². The summed E-state index contributed by atoms with van der Waals surface area (Å²) in [6, 6.07) is 3.21. The van der Waals surface area contributed by atoms with Crippen LogP contribution < -0.4 is 5.73 Å². The molecule has 1 saturated heterocycles. The molecular formula is C15H19N5O2. The molecule has 0 bridgehead atoms. The minimum Gasteiger partial charge on any atom is -0.368 e. The minimum atomic E-state index is -0.561. The summed E-state index contributed by atoms with van der Waals surface area (Å²) >= 11 is 0. The van der Waals surface area contributed by atoms with Crippen molar-refractivity contribution in [1.29, 1.82) is 0 Å². The smallest absolute Gasteiger partial charge is 0.241 e. The molecule has 0 aromatic carbocycles. The monoisotopic (exact) mass is 301 g/mol. The van der Waals surface area contributed by atoms with Gasteiger partial charge in [0.05, 0.1) is 6.42 Å². The summed E-state index contributed by atoms with van der Waals surface area (Å²) in [5.41, 5.74) is 7.09. The molecule has 22 heavy (non-hydrogen) atoms. The van der Waals surface area contributed by atoms with Crippen molar-refractivity contribution in [3.8, 4) is 0 Å². The molecule has 7 nitrogen and oxygen atoms in total. The zero-order valence-corrected chi connectivity index (χ0v) is 12.5. The fraction of sp³-hybridized carbons (Fsp3) is 0.400. The van der Waals surface area contributed by atoms with Crippen molar-refractivity contribution in [2.24, 2.45) is 5.73 Å². The van der Waals surface area contributed by atoms with Gasteiger partial charge in [-0.1, -0.05) is 0 Å². The molecule has 3 heterocycles. The van der Waals surface area contributed by atoms with Gasteiger partial charge in [0.15, 0.2) is 0 Å². The lowest BCUT2D eigenvalue weighted by Gasteiger charge is -2.38. The molecule has 3 N–H and O–H groups in total. The topological polar surface area (TPSA) is 95.3 Å². The lowest BCUT2D eigenvalue weighted by molar-refractivity contribution is -0.141. The Balaban J connectivity index is 1.80. The Morgan fingerprint density at radius 2 is 2.27 bits per heavy atom. The Kier molecular flexibility index (Phi) is 3.81. The van der Waals surface area contributed by atoms with Crippen LogP contribution in [0.1, 0.15) is 5.56 Å². The Hall–Kier alpha value is -2.41. The van der Waals surface area contributed by atoms with E-state index in [9.17, 15) is 9.59 Å². The van der Waals surface area contributed by atoms with Crippen LogP contribution in [0, 0.1) is 0 Å². The highest BCUT2D eigenvalue weighted by atomic mass is 16.2. The molecule has 2 aromatic heterocycles. The Bertz CT molecular complexity index is 711. The van der Waals surface area contributed by atoms with Gasteiger partial charge in [0.25, 0.3) is 0 Å². The lowest BCUT2D eigenvalue weighted by atomic mass is 10.1. The van der Waals surface area contributed by atoms with Crippen LogP contribution in [0.4, 0.5) is 0 Å². The summed E-state index contributed by atoms with van der Waals surface area (Å²) in [5, 5.41) is 0.931. The summed E-state index contributed by atoms with van der Waals surface area (Å²) in [4.78, 5) is 35.1. The molecule has 116 valence electrons. The molecular weight excluding hydrogens is 282 g/mol. The third kappa shape index (κ3) is 2.67. The summed E-state index contributed by atoms with van der Waals surface area (Å²) < 4.78 is 0. The van der Waals surface area contributed by atoms with Gasteiger partial charge in [-0.3, -0.25) is 9.59 Å². The van der Waals surface area contributed by atoms with Gasteiger partial charge in [0.2, 0.25) is 11.8 Å². The van der Waals surface area contributed by atoms with E-state index in [1.54, 1.807) is 17.3 Å². The van der Waals surface area contributed by atoms with Crippen molar-refractivity contribution in [3.05, 3.63) is 30.1 Å². The number of aromatic amines is 1. The number of aromatic nitrogens is 2. The van der Waals surface area contributed by atoms with E-state index >= 15 is 0 Å². The lowest BCUT2D eigenvalue weighted by Crippen LogP contribution is -2.59. The van der Waals surface area contributed by atoms with Gasteiger partial charge < -0.3 is 20.5 Å². The highest BCUT2D eigenvalue weighted by Crippen LogP contribution is 2.18. The second-order valence-electron chi connectivity index (χ2n) is 5.66. The maximum Gasteiger partial charge on any atom is 0.241 e. The van der Waals surface area contributed by atoms with Crippen molar-refractivity contribution < 1.29 is 9.59 Å². The second-order valence-corrected chi connectivity index (χ2v) is 5.66. The van der Waals surface area contributed by atoms with Gasteiger partial charge in [-0.05, 0) is 24.7 Å². The van der Waals surface area contributed by atoms with Crippen LogP contribution in [0.5, 0.6) is 0 Å². The third-order valence-electron chi connectivity index (χ3n) is 4.11. The summed E-state index contributed by atoms with van der Waals surface area (Å²) in [5.74, 6) is -0.540. The highest BCUT2D eigenvalue weighted by molar-refractivity contribution is 5.90. The molecule has 1 unspecified atom stereocenters. The van der Waals surface area contributed by atoms with E-state index in [2.05, 4.69) is 9.97 Å². The number of nitrogens with one attached hydrogen (secondary N) is 1. The first-order chi connectivity index (χ1) is 10.6. The first-order valence-electron chi connectivity index (χ1n) is 7.24. The third-order valence-corrected chi connectivity index (χ3v) is 4.11. The van der Waals surface area contributed by atoms with E-state index in [0.29, 0.717) is 13.1 Å². The molecule has 1 aliphatic heterocycles. The van der Waals surface area contributed by atoms with Gasteiger partial charge in [0.1, 0.15) is 11.7 Å². The molecule has 1 fully saturated rings. The summed E-state index contributed by atoms with van der Waals surface area (Å²) in [7, 11) is 1.92. The Morgan fingerprint density at radius 3 is 3.05 bits per heavy atom. The number of hydrogen-bond acceptors (Lipinski definition) is 4. The van der Waals surface area contributed by atoms with Gasteiger partial charge in [-0.25, -0.2) is 4.98 Å². The van der Waals surface area contributed by atoms with Crippen LogP contribution in [-0.4, -0.2) is 64.3 Å². The van der Waals surface area contributed by atoms with E-state index in [1.165, 1.54) is 0 Å². The quantitative estimate of drug-likeness (QED) is 0.816. The average Bonchev–Trinajstić information content (AvgIpc) is 2.90. The largest absolute Gasteiger partial charge is 0.368 e. The van der Waals surface area contributed by atoms with Crippen molar-refractivity contribution in [1.82, 2.24) is 19.8 Å². The molecule has 0 saturated carbocycles. The molecule has 0 spiro atoms. The van der Waals surface area contributed by atoms with Crippen LogP contribution in [0.2, 0.25) is 0 Å². The highest BCUT2D eigenvalue weighted by Gasteiger charge is 2.32. The number of H-pyrrole nitrogens is 1. The van der Waals surface area contributed by atoms with Gasteiger partial charge in [-0.15, -0.1) is 0 Å². The number of fused-ring (bicyclic) bond motifs is 1. The standard InChI is InChI=1S/C15H19N5O2/c1-19-5-6-20(12(9-19)14(16)22)13(21)7-10-8-18-15-11(10)3-2-4-17-15/h2-4,8,12H,5-7,9H2,1H3,(H2,16,22)(H,17,18). The van der Waals surface area contributed by atoms with Gasteiger partial charge in [-0.2, -0.15) is 0 Å². The molecule has 0 aliphatic carbocycles. The second kappa shape index (κ2) is 5.76. The van der Waals surface area contributed by atoms with Crippen molar-refractivity contribution in [2.75, 3.05) is 26.7 Å². The fourth-order valence-electron chi connectivity index (χ4n) is 2.88. The normalized spacial score (nSPS) is 19.5. The zero-order chi connectivity index (χ0) is 15.7. The number of rotatable bonds is 3.